The molecule has 4 aromatic rings. The van der Waals surface area contributed by atoms with Gasteiger partial charge in [-0.1, -0.05) is 43.0 Å². The number of hydrogen-bond donors (Lipinski definition) is 2. The van der Waals surface area contributed by atoms with Gasteiger partial charge in [0.15, 0.2) is 0 Å². The lowest BCUT2D eigenvalue weighted by molar-refractivity contribution is -0.128. The van der Waals surface area contributed by atoms with Gasteiger partial charge in [0.25, 0.3) is 5.91 Å². The molecule has 7 heteroatoms. The molecule has 0 radical (unpaired) electrons. The minimum absolute atomic E-state index is 0.184. The third kappa shape index (κ3) is 6.43. The Morgan fingerprint density at radius 3 is 2.54 bits per heavy atom. The summed E-state index contributed by atoms with van der Waals surface area (Å²) in [5.41, 5.74) is 4.44. The molecule has 0 unspecified atom stereocenters. The van der Waals surface area contributed by atoms with E-state index in [1.807, 2.05) is 61.7 Å². The number of nitrogens with one attached hydrogen (secondary N) is 2. The van der Waals surface area contributed by atoms with Crippen molar-refractivity contribution in [3.63, 3.8) is 0 Å². The van der Waals surface area contributed by atoms with Crippen LogP contribution < -0.4 is 15.4 Å². The van der Waals surface area contributed by atoms with Gasteiger partial charge in [-0.15, -0.1) is 11.3 Å². The lowest BCUT2D eigenvalue weighted by atomic mass is 10.1. The first kappa shape index (κ1) is 23.9. The Labute approximate surface area is 208 Å². The number of amides is 1. The third-order valence-electron chi connectivity index (χ3n) is 5.33. The maximum absolute atomic E-state index is 12.7. The minimum Gasteiger partial charge on any atom is -0.423 e. The third-order valence-corrected chi connectivity index (χ3v) is 6.38. The van der Waals surface area contributed by atoms with Crippen LogP contribution in [0.15, 0.2) is 91.6 Å². The van der Waals surface area contributed by atoms with Crippen LogP contribution in [0.1, 0.15) is 26.4 Å². The zero-order valence-corrected chi connectivity index (χ0v) is 20.1. The summed E-state index contributed by atoms with van der Waals surface area (Å²) in [6, 6.07) is 22.7. The van der Waals surface area contributed by atoms with Crippen LogP contribution in [-0.4, -0.2) is 16.9 Å². The van der Waals surface area contributed by atoms with Crippen LogP contribution in [0.2, 0.25) is 0 Å². The molecule has 0 fully saturated rings. The zero-order valence-electron chi connectivity index (χ0n) is 19.3. The van der Waals surface area contributed by atoms with Gasteiger partial charge in [-0.05, 0) is 54.4 Å². The predicted octanol–water partition coefficient (Wildman–Crippen LogP) is 5.75. The number of nitrogens with zero attached hydrogens (tertiary/aromatic N) is 1. The van der Waals surface area contributed by atoms with Crippen molar-refractivity contribution in [1.29, 1.82) is 0 Å². The summed E-state index contributed by atoms with van der Waals surface area (Å²) in [5, 5.41) is 7.22. The second-order valence-electron chi connectivity index (χ2n) is 7.82. The normalized spacial score (nSPS) is 10.4. The molecule has 176 valence electrons. The van der Waals surface area contributed by atoms with Crippen molar-refractivity contribution in [2.24, 2.45) is 0 Å². The lowest BCUT2D eigenvalue weighted by Crippen LogP contribution is -2.23. The van der Waals surface area contributed by atoms with Crippen LogP contribution in [0.5, 0.6) is 5.75 Å². The number of carbonyl (C=O) groups is 2. The smallest absolute Gasteiger partial charge is 0.335 e. The molecule has 3 aromatic carbocycles. The first-order chi connectivity index (χ1) is 17.0. The van der Waals surface area contributed by atoms with E-state index in [1.54, 1.807) is 35.6 Å². The van der Waals surface area contributed by atoms with Crippen LogP contribution in [0, 0.1) is 6.92 Å². The Morgan fingerprint density at radius 1 is 1.03 bits per heavy atom. The van der Waals surface area contributed by atoms with Gasteiger partial charge in [0.2, 0.25) is 0 Å². The Kier molecular flexibility index (Phi) is 7.70. The van der Waals surface area contributed by atoms with Crippen LogP contribution >= 0.6 is 11.3 Å². The van der Waals surface area contributed by atoms with E-state index in [0.29, 0.717) is 24.4 Å². The Balaban J connectivity index is 1.35. The average Bonchev–Trinajstić information content (AvgIpc) is 3.37. The Morgan fingerprint density at radius 2 is 1.80 bits per heavy atom. The number of anilines is 1. The summed E-state index contributed by atoms with van der Waals surface area (Å²) in [4.78, 5) is 29.8. The van der Waals surface area contributed by atoms with E-state index in [-0.39, 0.29) is 5.91 Å². The highest BCUT2D eigenvalue weighted by molar-refractivity contribution is 7.15. The number of carbonyl (C=O) groups excluding carboxylic acids is 2. The molecular formula is C28H25N3O3S. The predicted molar refractivity (Wildman–Crippen MR) is 139 cm³/mol. The number of aromatic nitrogens is 1. The second-order valence-corrected chi connectivity index (χ2v) is 8.94. The molecule has 0 aliphatic heterocycles. The lowest BCUT2D eigenvalue weighted by Gasteiger charge is -2.10. The van der Waals surface area contributed by atoms with E-state index < -0.39 is 5.97 Å². The molecule has 0 saturated heterocycles. The molecule has 0 aliphatic rings. The number of esters is 1. The van der Waals surface area contributed by atoms with Crippen molar-refractivity contribution in [3.8, 4) is 16.3 Å². The Bertz CT molecular complexity index is 1330. The fourth-order valence-electron chi connectivity index (χ4n) is 3.37. The highest BCUT2D eigenvalue weighted by Crippen LogP contribution is 2.26. The van der Waals surface area contributed by atoms with Gasteiger partial charge in [0, 0.05) is 40.5 Å². The maximum Gasteiger partial charge on any atom is 0.335 e. The van der Waals surface area contributed by atoms with Gasteiger partial charge in [0.05, 0.1) is 6.54 Å². The van der Waals surface area contributed by atoms with Gasteiger partial charge < -0.3 is 15.4 Å². The molecule has 4 rings (SSSR count). The minimum atomic E-state index is -0.524. The first-order valence-corrected chi connectivity index (χ1v) is 11.9. The van der Waals surface area contributed by atoms with Gasteiger partial charge in [-0.3, -0.25) is 4.79 Å². The van der Waals surface area contributed by atoms with Crippen LogP contribution in [0.4, 0.5) is 5.69 Å². The van der Waals surface area contributed by atoms with E-state index in [2.05, 4.69) is 22.2 Å². The van der Waals surface area contributed by atoms with Crippen LogP contribution in [-0.2, 0) is 17.9 Å². The topological polar surface area (TPSA) is 80.3 Å². The van der Waals surface area contributed by atoms with Crippen molar-refractivity contribution in [1.82, 2.24) is 10.3 Å². The largest absolute Gasteiger partial charge is 0.423 e. The van der Waals surface area contributed by atoms with Crippen LogP contribution in [0.3, 0.4) is 0 Å². The number of rotatable bonds is 9. The van der Waals surface area contributed by atoms with E-state index >= 15 is 0 Å². The second kappa shape index (κ2) is 11.3. The summed E-state index contributed by atoms with van der Waals surface area (Å²) in [6.45, 7) is 6.36. The summed E-state index contributed by atoms with van der Waals surface area (Å²) in [6.07, 6.45) is 2.98. The van der Waals surface area contributed by atoms with E-state index in [1.165, 1.54) is 0 Å². The van der Waals surface area contributed by atoms with Gasteiger partial charge in [-0.2, -0.15) is 0 Å². The zero-order chi connectivity index (χ0) is 24.6. The number of hydrogen-bond acceptors (Lipinski definition) is 6. The fourth-order valence-corrected chi connectivity index (χ4v) is 4.23. The molecule has 6 nitrogen and oxygen atoms in total. The number of thiazole rings is 1. The van der Waals surface area contributed by atoms with Crippen LogP contribution in [0.25, 0.3) is 10.6 Å². The number of ether oxygens (including phenoxy) is 1. The summed E-state index contributed by atoms with van der Waals surface area (Å²) in [7, 11) is 0. The van der Waals surface area contributed by atoms with Crippen molar-refractivity contribution >= 4 is 28.9 Å². The number of para-hydroxylation sites is 1. The summed E-state index contributed by atoms with van der Waals surface area (Å²) >= 11 is 1.62. The highest BCUT2D eigenvalue weighted by atomic mass is 32.1. The summed E-state index contributed by atoms with van der Waals surface area (Å²) < 4.78 is 5.17. The molecule has 0 atom stereocenters. The average molecular weight is 484 g/mol. The van der Waals surface area contributed by atoms with Crippen molar-refractivity contribution in [2.75, 3.05) is 5.32 Å². The molecule has 1 heterocycles. The molecular weight excluding hydrogens is 458 g/mol. The van der Waals surface area contributed by atoms with E-state index in [9.17, 15) is 9.59 Å². The van der Waals surface area contributed by atoms with Crippen molar-refractivity contribution in [3.05, 3.63) is 113 Å². The fraction of sp³-hybridized carbons (Fsp3) is 0.107. The first-order valence-electron chi connectivity index (χ1n) is 11.1. The van der Waals surface area contributed by atoms with Gasteiger partial charge in [0.1, 0.15) is 10.8 Å². The maximum atomic E-state index is 12.7. The molecule has 0 bridgehead atoms. The van der Waals surface area contributed by atoms with E-state index in [0.717, 1.165) is 38.3 Å². The number of benzene rings is 3. The van der Waals surface area contributed by atoms with Crippen molar-refractivity contribution in [2.45, 2.75) is 20.0 Å². The standard InChI is InChI=1S/C28H25N3O3S/c1-3-26(32)34-24-14-9-19(2)22(15-24)16-30-27(33)20-10-12-21(13-11-20)28-31-18-25(35-28)17-29-23-7-5-4-6-8-23/h3-15,18,29H,1,16-17H2,2H3,(H,30,33). The number of aryl methyl sites for hydroxylation is 1. The van der Waals surface area contributed by atoms with E-state index in [4.69, 9.17) is 4.74 Å². The van der Waals surface area contributed by atoms with Gasteiger partial charge in [-0.25, -0.2) is 9.78 Å². The van der Waals surface area contributed by atoms with Gasteiger partial charge >= 0.3 is 5.97 Å². The van der Waals surface area contributed by atoms with Crippen molar-refractivity contribution < 1.29 is 14.3 Å². The molecule has 35 heavy (non-hydrogen) atoms. The Hall–Kier alpha value is -4.23. The highest BCUT2D eigenvalue weighted by Gasteiger charge is 2.10. The molecule has 1 aromatic heterocycles. The molecule has 1 amide bonds. The summed E-state index contributed by atoms with van der Waals surface area (Å²) in [5.74, 6) is -0.295. The molecule has 0 saturated carbocycles. The SMILES string of the molecule is C=CC(=O)Oc1ccc(C)c(CNC(=O)c2ccc(-c3ncc(CNc4ccccc4)s3)cc2)c1. The quantitative estimate of drug-likeness (QED) is 0.180. The monoisotopic (exact) mass is 483 g/mol. The molecule has 0 aliphatic carbocycles. The molecule has 0 spiro atoms. The molecule has 2 N–H and O–H groups in total.